The number of phenols is 1. The number of benzene rings is 2. The summed E-state index contributed by atoms with van der Waals surface area (Å²) < 4.78 is 5.76. The van der Waals surface area contributed by atoms with E-state index >= 15 is 0 Å². The minimum absolute atomic E-state index is 0.144. The van der Waals surface area contributed by atoms with Crippen LogP contribution in [0.15, 0.2) is 48.5 Å². The van der Waals surface area contributed by atoms with E-state index in [9.17, 15) is 5.11 Å². The third-order valence-corrected chi connectivity index (χ3v) is 2.80. The Balaban J connectivity index is 2.18. The van der Waals surface area contributed by atoms with Crippen molar-refractivity contribution in [3.8, 4) is 17.2 Å². The molecule has 0 unspecified atom stereocenters. The van der Waals surface area contributed by atoms with Gasteiger partial charge in [-0.2, -0.15) is 0 Å². The Morgan fingerprint density at radius 1 is 1.05 bits per heavy atom. The maximum Gasteiger partial charge on any atom is 0.192 e. The molecule has 0 bridgehead atoms. The van der Waals surface area contributed by atoms with Gasteiger partial charge in [0.2, 0.25) is 0 Å². The molecule has 0 fully saturated rings. The zero-order valence-electron chi connectivity index (χ0n) is 11.1. The zero-order chi connectivity index (χ0) is 13.5. The fraction of sp³-hybridized carbons (Fsp3) is 0.250. The average molecular weight is 257 g/mol. The molecule has 0 heterocycles. The normalized spacial score (nSPS) is 10.2. The Kier molecular flexibility index (Phi) is 4.67. The van der Waals surface area contributed by atoms with Crippen molar-refractivity contribution in [1.29, 1.82) is 0 Å². The predicted octanol–water partition coefficient (Wildman–Crippen LogP) is 4.40. The molecule has 3 nitrogen and oxygen atoms in total. The van der Waals surface area contributed by atoms with Crippen molar-refractivity contribution >= 4 is 5.69 Å². The van der Waals surface area contributed by atoms with Crippen molar-refractivity contribution in [2.45, 2.75) is 19.8 Å². The second-order valence-electron chi connectivity index (χ2n) is 4.35. The van der Waals surface area contributed by atoms with E-state index in [2.05, 4.69) is 12.2 Å². The fourth-order valence-corrected chi connectivity index (χ4v) is 1.78. The largest absolute Gasteiger partial charge is 0.504 e. The van der Waals surface area contributed by atoms with Crippen molar-refractivity contribution in [2.75, 3.05) is 11.9 Å². The van der Waals surface area contributed by atoms with Gasteiger partial charge < -0.3 is 15.2 Å². The molecule has 2 aromatic carbocycles. The molecule has 0 saturated heterocycles. The van der Waals surface area contributed by atoms with Gasteiger partial charge in [0.15, 0.2) is 11.5 Å². The number of rotatable bonds is 6. The van der Waals surface area contributed by atoms with E-state index in [-0.39, 0.29) is 5.75 Å². The van der Waals surface area contributed by atoms with Crippen LogP contribution in [-0.2, 0) is 0 Å². The summed E-state index contributed by atoms with van der Waals surface area (Å²) in [5.74, 6) is 1.33. The van der Waals surface area contributed by atoms with Crippen LogP contribution in [0, 0.1) is 0 Å². The lowest BCUT2D eigenvalue weighted by Gasteiger charge is -2.14. The van der Waals surface area contributed by atoms with E-state index in [1.807, 2.05) is 42.5 Å². The third kappa shape index (κ3) is 3.65. The van der Waals surface area contributed by atoms with Gasteiger partial charge in [0.1, 0.15) is 5.75 Å². The van der Waals surface area contributed by atoms with E-state index in [0.29, 0.717) is 11.5 Å². The molecular formula is C16H19NO2. The number of para-hydroxylation sites is 2. The van der Waals surface area contributed by atoms with Gasteiger partial charge >= 0.3 is 0 Å². The lowest BCUT2D eigenvalue weighted by atomic mass is 10.2. The Morgan fingerprint density at radius 3 is 2.58 bits per heavy atom. The first kappa shape index (κ1) is 13.3. The minimum Gasteiger partial charge on any atom is -0.504 e. The number of unbranched alkanes of at least 4 members (excludes halogenated alkanes) is 1. The van der Waals surface area contributed by atoms with Crippen LogP contribution < -0.4 is 10.1 Å². The molecule has 0 radical (unpaired) electrons. The standard InChI is InChI=1S/C16H19NO2/c1-2-3-12-17-14-10-7-11-15(18)16(14)19-13-8-5-4-6-9-13/h4-11,17-18H,2-3,12H2,1H3. The van der Waals surface area contributed by atoms with E-state index in [1.54, 1.807) is 6.07 Å². The average Bonchev–Trinajstić information content (AvgIpc) is 2.44. The van der Waals surface area contributed by atoms with Crippen LogP contribution >= 0.6 is 0 Å². The molecular weight excluding hydrogens is 238 g/mol. The van der Waals surface area contributed by atoms with Crippen LogP contribution in [0.3, 0.4) is 0 Å². The van der Waals surface area contributed by atoms with E-state index in [0.717, 1.165) is 25.1 Å². The lowest BCUT2D eigenvalue weighted by Crippen LogP contribution is -2.02. The van der Waals surface area contributed by atoms with Crippen molar-refractivity contribution in [2.24, 2.45) is 0 Å². The summed E-state index contributed by atoms with van der Waals surface area (Å²) in [7, 11) is 0. The van der Waals surface area contributed by atoms with Gasteiger partial charge in [0.05, 0.1) is 5.69 Å². The summed E-state index contributed by atoms with van der Waals surface area (Å²) in [5, 5.41) is 13.2. The predicted molar refractivity (Wildman–Crippen MR) is 78.0 cm³/mol. The molecule has 0 aromatic heterocycles. The molecule has 100 valence electrons. The monoisotopic (exact) mass is 257 g/mol. The second-order valence-corrected chi connectivity index (χ2v) is 4.35. The van der Waals surface area contributed by atoms with Gasteiger partial charge in [-0.3, -0.25) is 0 Å². The highest BCUT2D eigenvalue weighted by Gasteiger charge is 2.09. The van der Waals surface area contributed by atoms with Crippen LogP contribution in [0.25, 0.3) is 0 Å². The first-order chi connectivity index (χ1) is 9.31. The maximum atomic E-state index is 9.94. The smallest absolute Gasteiger partial charge is 0.192 e. The highest BCUT2D eigenvalue weighted by Crippen LogP contribution is 2.37. The molecule has 0 aliphatic heterocycles. The maximum absolute atomic E-state index is 9.94. The number of nitrogens with one attached hydrogen (secondary N) is 1. The van der Waals surface area contributed by atoms with Gasteiger partial charge in [-0.15, -0.1) is 0 Å². The van der Waals surface area contributed by atoms with E-state index in [1.165, 1.54) is 0 Å². The van der Waals surface area contributed by atoms with Crippen molar-refractivity contribution in [3.05, 3.63) is 48.5 Å². The second kappa shape index (κ2) is 6.69. The highest BCUT2D eigenvalue weighted by atomic mass is 16.5. The topological polar surface area (TPSA) is 41.5 Å². The summed E-state index contributed by atoms with van der Waals surface area (Å²) in [4.78, 5) is 0. The Hall–Kier alpha value is -2.16. The van der Waals surface area contributed by atoms with E-state index < -0.39 is 0 Å². The highest BCUT2D eigenvalue weighted by molar-refractivity contribution is 5.63. The number of hydrogen-bond donors (Lipinski definition) is 2. The molecule has 0 aliphatic carbocycles. The first-order valence-corrected chi connectivity index (χ1v) is 6.60. The number of phenolic OH excluding ortho intramolecular Hbond substituents is 1. The molecule has 2 N–H and O–H groups in total. The molecule has 0 spiro atoms. The summed E-state index contributed by atoms with van der Waals surface area (Å²) in [6.07, 6.45) is 2.21. The fourth-order valence-electron chi connectivity index (χ4n) is 1.78. The third-order valence-electron chi connectivity index (χ3n) is 2.80. The lowest BCUT2D eigenvalue weighted by molar-refractivity contribution is 0.412. The van der Waals surface area contributed by atoms with Crippen molar-refractivity contribution in [1.82, 2.24) is 0 Å². The van der Waals surface area contributed by atoms with Crippen LogP contribution in [0.5, 0.6) is 17.2 Å². The van der Waals surface area contributed by atoms with Gasteiger partial charge in [-0.1, -0.05) is 37.6 Å². The molecule has 3 heteroatoms. The van der Waals surface area contributed by atoms with Crippen LogP contribution in [-0.4, -0.2) is 11.7 Å². The molecule has 2 aromatic rings. The van der Waals surface area contributed by atoms with Crippen molar-refractivity contribution in [3.63, 3.8) is 0 Å². The van der Waals surface area contributed by atoms with Gasteiger partial charge in [-0.05, 0) is 30.7 Å². The molecule has 2 rings (SSSR count). The van der Waals surface area contributed by atoms with Crippen LogP contribution in [0.2, 0.25) is 0 Å². The van der Waals surface area contributed by atoms with Crippen LogP contribution in [0.1, 0.15) is 19.8 Å². The molecule has 0 amide bonds. The number of aromatic hydroxyl groups is 1. The van der Waals surface area contributed by atoms with Crippen LogP contribution in [0.4, 0.5) is 5.69 Å². The Bertz CT molecular complexity index is 511. The zero-order valence-corrected chi connectivity index (χ0v) is 11.1. The Morgan fingerprint density at radius 2 is 1.84 bits per heavy atom. The minimum atomic E-state index is 0.144. The summed E-state index contributed by atoms with van der Waals surface area (Å²) in [6.45, 7) is 3.01. The SMILES string of the molecule is CCCCNc1cccc(O)c1Oc1ccccc1. The van der Waals surface area contributed by atoms with Gasteiger partial charge in [0, 0.05) is 6.54 Å². The van der Waals surface area contributed by atoms with Gasteiger partial charge in [0.25, 0.3) is 0 Å². The van der Waals surface area contributed by atoms with Gasteiger partial charge in [-0.25, -0.2) is 0 Å². The Labute approximate surface area is 113 Å². The summed E-state index contributed by atoms with van der Waals surface area (Å²) in [6, 6.07) is 14.8. The molecule has 0 aliphatic rings. The van der Waals surface area contributed by atoms with E-state index in [4.69, 9.17) is 4.74 Å². The number of anilines is 1. The number of ether oxygens (including phenoxy) is 1. The summed E-state index contributed by atoms with van der Waals surface area (Å²) >= 11 is 0. The molecule has 19 heavy (non-hydrogen) atoms. The first-order valence-electron chi connectivity index (χ1n) is 6.60. The molecule has 0 atom stereocenters. The number of hydrogen-bond acceptors (Lipinski definition) is 3. The molecule has 0 saturated carbocycles. The quantitative estimate of drug-likeness (QED) is 0.754. The van der Waals surface area contributed by atoms with Crippen molar-refractivity contribution < 1.29 is 9.84 Å². The summed E-state index contributed by atoms with van der Waals surface area (Å²) in [5.41, 5.74) is 0.817.